The molecule has 0 bridgehead atoms. The van der Waals surface area contributed by atoms with Gasteiger partial charge in [-0.3, -0.25) is 14.3 Å². The van der Waals surface area contributed by atoms with Crippen molar-refractivity contribution in [3.63, 3.8) is 0 Å². The van der Waals surface area contributed by atoms with E-state index >= 15 is 0 Å². The lowest BCUT2D eigenvalue weighted by atomic mass is 10.1. The summed E-state index contributed by atoms with van der Waals surface area (Å²) < 4.78 is 12.6. The van der Waals surface area contributed by atoms with Crippen LogP contribution in [0.25, 0.3) is 0 Å². The van der Waals surface area contributed by atoms with E-state index < -0.39 is 11.9 Å². The molecule has 3 atom stereocenters. The van der Waals surface area contributed by atoms with Gasteiger partial charge in [-0.15, -0.1) is 0 Å². The summed E-state index contributed by atoms with van der Waals surface area (Å²) >= 11 is 0. The topological polar surface area (TPSA) is 73.3 Å². The minimum atomic E-state index is -0.463. The molecule has 1 aliphatic rings. The van der Waals surface area contributed by atoms with Crippen LogP contribution in [-0.2, 0) is 9.47 Å². The molecule has 0 radical (unpaired) electrons. The number of hydrogen-bond donors (Lipinski definition) is 1. The van der Waals surface area contributed by atoms with Crippen LogP contribution < -0.4 is 11.2 Å². The highest BCUT2D eigenvalue weighted by molar-refractivity contribution is 5.02. The van der Waals surface area contributed by atoms with E-state index in [1.165, 1.54) is 17.0 Å². The lowest BCUT2D eigenvalue weighted by Crippen LogP contribution is -2.33. The van der Waals surface area contributed by atoms with E-state index in [-0.39, 0.29) is 17.8 Å². The van der Waals surface area contributed by atoms with Crippen molar-refractivity contribution in [2.75, 3.05) is 0 Å². The van der Waals surface area contributed by atoms with Gasteiger partial charge in [-0.05, 0) is 13.3 Å². The normalized spacial score (nSPS) is 26.3. The predicted molar refractivity (Wildman–Crippen MR) is 69.9 cm³/mol. The van der Waals surface area contributed by atoms with Crippen LogP contribution in [0.2, 0.25) is 0 Å². The molecule has 1 fully saturated rings. The Bertz CT molecular complexity index is 575. The van der Waals surface area contributed by atoms with E-state index in [0.29, 0.717) is 12.0 Å². The Kier molecular flexibility index (Phi) is 3.90. The van der Waals surface area contributed by atoms with Crippen molar-refractivity contribution in [1.82, 2.24) is 9.55 Å². The SMILES string of the molecule is C=COC1C[C@H](n2cc(C)c(=O)[nH]c2=O)O[C@@H]1CC. The molecule has 6 nitrogen and oxygen atoms in total. The van der Waals surface area contributed by atoms with E-state index in [2.05, 4.69) is 11.6 Å². The van der Waals surface area contributed by atoms with Gasteiger partial charge in [0.1, 0.15) is 12.3 Å². The van der Waals surface area contributed by atoms with Crippen LogP contribution in [0.1, 0.15) is 31.6 Å². The Morgan fingerprint density at radius 3 is 3.00 bits per heavy atom. The van der Waals surface area contributed by atoms with Crippen LogP contribution in [0, 0.1) is 6.92 Å². The van der Waals surface area contributed by atoms with Crippen LogP contribution in [-0.4, -0.2) is 21.8 Å². The molecule has 0 saturated carbocycles. The van der Waals surface area contributed by atoms with Crippen LogP contribution in [0.15, 0.2) is 28.6 Å². The lowest BCUT2D eigenvalue weighted by Gasteiger charge is -2.15. The Morgan fingerprint density at radius 1 is 1.63 bits per heavy atom. The number of aromatic amines is 1. The first-order valence-corrected chi connectivity index (χ1v) is 6.30. The third kappa shape index (κ3) is 2.63. The molecular formula is C13H18N2O4. The fourth-order valence-electron chi connectivity index (χ4n) is 2.30. The summed E-state index contributed by atoms with van der Waals surface area (Å²) in [6, 6.07) is 0. The van der Waals surface area contributed by atoms with Crippen LogP contribution in [0.5, 0.6) is 0 Å². The largest absolute Gasteiger partial charge is 0.496 e. The molecule has 2 rings (SSSR count). The van der Waals surface area contributed by atoms with Crippen molar-refractivity contribution < 1.29 is 9.47 Å². The average Bonchev–Trinajstić information content (AvgIpc) is 2.77. The number of nitrogens with zero attached hydrogens (tertiary/aromatic N) is 1. The molecule has 1 aliphatic heterocycles. The van der Waals surface area contributed by atoms with Gasteiger partial charge in [-0.25, -0.2) is 4.79 Å². The Morgan fingerprint density at radius 2 is 2.37 bits per heavy atom. The molecule has 1 aromatic rings. The van der Waals surface area contributed by atoms with Crippen molar-refractivity contribution in [3.8, 4) is 0 Å². The second-order valence-electron chi connectivity index (χ2n) is 4.59. The van der Waals surface area contributed by atoms with Crippen molar-refractivity contribution in [1.29, 1.82) is 0 Å². The van der Waals surface area contributed by atoms with Gasteiger partial charge >= 0.3 is 5.69 Å². The molecule has 1 unspecified atom stereocenters. The molecule has 19 heavy (non-hydrogen) atoms. The fourth-order valence-corrected chi connectivity index (χ4v) is 2.30. The smallest absolute Gasteiger partial charge is 0.330 e. The third-order valence-corrected chi connectivity index (χ3v) is 3.31. The maximum atomic E-state index is 11.8. The lowest BCUT2D eigenvalue weighted by molar-refractivity contribution is -0.0241. The quantitative estimate of drug-likeness (QED) is 0.827. The summed E-state index contributed by atoms with van der Waals surface area (Å²) in [5, 5.41) is 0. The maximum absolute atomic E-state index is 11.8. The third-order valence-electron chi connectivity index (χ3n) is 3.31. The number of hydrogen-bond acceptors (Lipinski definition) is 4. The van der Waals surface area contributed by atoms with E-state index in [4.69, 9.17) is 9.47 Å². The summed E-state index contributed by atoms with van der Waals surface area (Å²) in [6.07, 6.45) is 3.63. The number of nitrogens with one attached hydrogen (secondary N) is 1. The fraction of sp³-hybridized carbons (Fsp3) is 0.538. The standard InChI is InChI=1S/C13H18N2O4/c1-4-9-10(18-5-2)6-11(19-9)15-7-8(3)12(16)14-13(15)17/h5,7,9-11H,2,4,6H2,1,3H3,(H,14,16,17)/t9-,10?,11-/m1/s1. The Labute approximate surface area is 110 Å². The maximum Gasteiger partial charge on any atom is 0.330 e. The highest BCUT2D eigenvalue weighted by Crippen LogP contribution is 2.31. The molecule has 0 amide bonds. The van der Waals surface area contributed by atoms with Gasteiger partial charge in [0.15, 0.2) is 0 Å². The number of aryl methyl sites for hydroxylation is 1. The second kappa shape index (κ2) is 5.44. The average molecular weight is 266 g/mol. The van der Waals surface area contributed by atoms with Crippen molar-refractivity contribution in [3.05, 3.63) is 45.4 Å². The van der Waals surface area contributed by atoms with Crippen molar-refractivity contribution in [2.24, 2.45) is 0 Å². The summed E-state index contributed by atoms with van der Waals surface area (Å²) in [7, 11) is 0. The molecule has 2 heterocycles. The Balaban J connectivity index is 2.29. The van der Waals surface area contributed by atoms with E-state index in [1.54, 1.807) is 6.92 Å². The van der Waals surface area contributed by atoms with Crippen LogP contribution in [0.4, 0.5) is 0 Å². The van der Waals surface area contributed by atoms with Crippen molar-refractivity contribution >= 4 is 0 Å². The molecular weight excluding hydrogens is 248 g/mol. The Hall–Kier alpha value is -1.82. The number of ether oxygens (including phenoxy) is 2. The monoisotopic (exact) mass is 266 g/mol. The van der Waals surface area contributed by atoms with Crippen LogP contribution >= 0.6 is 0 Å². The molecule has 1 saturated heterocycles. The van der Waals surface area contributed by atoms with E-state index in [9.17, 15) is 9.59 Å². The molecule has 6 heteroatoms. The molecule has 104 valence electrons. The molecule has 1 aromatic heterocycles. The highest BCUT2D eigenvalue weighted by atomic mass is 16.6. The zero-order valence-electron chi connectivity index (χ0n) is 11.1. The van der Waals surface area contributed by atoms with Crippen LogP contribution in [0.3, 0.4) is 0 Å². The first-order chi connectivity index (χ1) is 9.06. The second-order valence-corrected chi connectivity index (χ2v) is 4.59. The highest BCUT2D eigenvalue weighted by Gasteiger charge is 2.36. The zero-order valence-corrected chi connectivity index (χ0v) is 11.1. The minimum Gasteiger partial charge on any atom is -0.496 e. The summed E-state index contributed by atoms with van der Waals surface area (Å²) in [5.41, 5.74) is -0.357. The number of rotatable bonds is 4. The molecule has 0 aromatic carbocycles. The summed E-state index contributed by atoms with van der Waals surface area (Å²) in [5.74, 6) is 0. The van der Waals surface area contributed by atoms with Gasteiger partial charge in [0.2, 0.25) is 0 Å². The van der Waals surface area contributed by atoms with Gasteiger partial charge in [0, 0.05) is 18.2 Å². The first kappa shape index (κ1) is 13.6. The van der Waals surface area contributed by atoms with Gasteiger partial charge in [0.05, 0.1) is 12.4 Å². The van der Waals surface area contributed by atoms with E-state index in [1.807, 2.05) is 6.92 Å². The van der Waals surface area contributed by atoms with Gasteiger partial charge < -0.3 is 9.47 Å². The molecule has 0 aliphatic carbocycles. The summed E-state index contributed by atoms with van der Waals surface area (Å²) in [4.78, 5) is 25.4. The number of H-pyrrole nitrogens is 1. The van der Waals surface area contributed by atoms with Gasteiger partial charge in [-0.1, -0.05) is 13.5 Å². The number of aromatic nitrogens is 2. The van der Waals surface area contributed by atoms with Gasteiger partial charge in [-0.2, -0.15) is 0 Å². The molecule has 0 spiro atoms. The summed E-state index contributed by atoms with van der Waals surface area (Å²) in [6.45, 7) is 7.19. The predicted octanol–water partition coefficient (Wildman–Crippen LogP) is 1.07. The first-order valence-electron chi connectivity index (χ1n) is 6.30. The van der Waals surface area contributed by atoms with Crippen molar-refractivity contribution in [2.45, 2.75) is 45.1 Å². The minimum absolute atomic E-state index is 0.0814. The zero-order chi connectivity index (χ0) is 14.0. The van der Waals surface area contributed by atoms with Gasteiger partial charge in [0.25, 0.3) is 5.56 Å². The van der Waals surface area contributed by atoms with E-state index in [0.717, 1.165) is 6.42 Å². The molecule has 1 N–H and O–H groups in total.